The largest absolute Gasteiger partial charge is 0.395 e. The number of hydrogen-bond acceptors (Lipinski definition) is 9. The Balaban J connectivity index is 1.14. The third kappa shape index (κ3) is 6.55. The molecule has 2 saturated carbocycles. The molecule has 2 fully saturated rings. The number of nitrogens with one attached hydrogen (secondary N) is 2. The minimum Gasteiger partial charge on any atom is -0.395 e. The molecule has 38 heavy (non-hydrogen) atoms. The van der Waals surface area contributed by atoms with Crippen molar-refractivity contribution < 1.29 is 19.7 Å². The second-order valence-corrected chi connectivity index (χ2v) is 12.0. The van der Waals surface area contributed by atoms with Crippen molar-refractivity contribution in [2.24, 2.45) is 11.8 Å². The summed E-state index contributed by atoms with van der Waals surface area (Å²) >= 11 is 1.46. The lowest BCUT2D eigenvalue weighted by molar-refractivity contribution is -0.123. The summed E-state index contributed by atoms with van der Waals surface area (Å²) in [5.74, 6) is 1.08. The Morgan fingerprint density at radius 1 is 1.18 bits per heavy atom. The Morgan fingerprint density at radius 2 is 1.97 bits per heavy atom. The average Bonchev–Trinajstić information content (AvgIpc) is 3.48. The molecule has 0 saturated heterocycles. The highest BCUT2D eigenvalue weighted by Gasteiger charge is 2.35. The zero-order valence-corrected chi connectivity index (χ0v) is 22.8. The van der Waals surface area contributed by atoms with Crippen LogP contribution in [0.5, 0.6) is 0 Å². The Morgan fingerprint density at radius 3 is 2.66 bits per heavy atom. The van der Waals surface area contributed by atoms with Crippen molar-refractivity contribution in [1.29, 1.82) is 0 Å². The average molecular weight is 540 g/mol. The summed E-state index contributed by atoms with van der Waals surface area (Å²) in [5, 5.41) is 26.6. The van der Waals surface area contributed by atoms with E-state index in [4.69, 9.17) is 4.74 Å². The standard InChI is InChI=1S/C28H37N5O4S/c1-16(2)8-21(14-34)31-20-9-18(10-20)27(36)33-28-32-22-7-6-17(11-25(22)38-28)19-12-29-26(30-13-19)15-37-24-5-3-4-23(24)35/h6-7,11-13,16,18,20-21,23-24,31,34-35H,3-5,8-10,14-15H2,1-2H3,(H,32,33,36)/t18?,20?,21?,23-,24-/m0/s1. The second-order valence-electron chi connectivity index (χ2n) is 11.0. The first-order valence-electron chi connectivity index (χ1n) is 13.6. The topological polar surface area (TPSA) is 129 Å². The molecule has 0 aliphatic heterocycles. The van der Waals surface area contributed by atoms with E-state index in [1.165, 1.54) is 11.3 Å². The number of ether oxygens (including phenoxy) is 1. The number of carbonyl (C=O) groups excluding carboxylic acids is 1. The molecule has 9 nitrogen and oxygen atoms in total. The number of rotatable bonds is 11. The summed E-state index contributed by atoms with van der Waals surface area (Å²) in [5.41, 5.74) is 2.70. The summed E-state index contributed by atoms with van der Waals surface area (Å²) in [7, 11) is 0. The first-order chi connectivity index (χ1) is 18.4. The lowest BCUT2D eigenvalue weighted by Gasteiger charge is -2.37. The van der Waals surface area contributed by atoms with Crippen LogP contribution in [-0.4, -0.2) is 62.0 Å². The van der Waals surface area contributed by atoms with Crippen molar-refractivity contribution in [1.82, 2.24) is 20.3 Å². The van der Waals surface area contributed by atoms with Gasteiger partial charge in [-0.1, -0.05) is 31.3 Å². The van der Waals surface area contributed by atoms with Gasteiger partial charge in [-0.2, -0.15) is 0 Å². The third-order valence-electron chi connectivity index (χ3n) is 7.46. The number of fused-ring (bicyclic) bond motifs is 1. The molecule has 1 unspecified atom stereocenters. The number of aliphatic hydroxyl groups excluding tert-OH is 2. The highest BCUT2D eigenvalue weighted by Crippen LogP contribution is 2.33. The van der Waals surface area contributed by atoms with Crippen molar-refractivity contribution in [3.05, 3.63) is 36.4 Å². The van der Waals surface area contributed by atoms with Gasteiger partial charge < -0.3 is 25.6 Å². The van der Waals surface area contributed by atoms with E-state index in [0.717, 1.165) is 59.9 Å². The number of thiazole rings is 1. The van der Waals surface area contributed by atoms with Gasteiger partial charge in [-0.05, 0) is 62.1 Å². The number of aromatic nitrogens is 3. The monoisotopic (exact) mass is 539 g/mol. The molecule has 2 aromatic heterocycles. The minimum absolute atomic E-state index is 0.00284. The van der Waals surface area contributed by atoms with E-state index >= 15 is 0 Å². The molecule has 204 valence electrons. The van der Waals surface area contributed by atoms with E-state index in [-0.39, 0.29) is 43.2 Å². The molecule has 2 aliphatic rings. The number of carbonyl (C=O) groups is 1. The van der Waals surface area contributed by atoms with Gasteiger partial charge in [-0.25, -0.2) is 15.0 Å². The highest BCUT2D eigenvalue weighted by molar-refractivity contribution is 7.22. The summed E-state index contributed by atoms with van der Waals surface area (Å²) in [4.78, 5) is 26.2. The van der Waals surface area contributed by atoms with Crippen LogP contribution >= 0.6 is 11.3 Å². The number of anilines is 1. The normalized spacial score (nSPS) is 24.0. The molecule has 0 spiro atoms. The van der Waals surface area contributed by atoms with Gasteiger partial charge in [-0.3, -0.25) is 4.79 Å². The number of nitrogens with zero attached hydrogens (tertiary/aromatic N) is 3. The van der Waals surface area contributed by atoms with E-state index in [2.05, 4.69) is 39.4 Å². The summed E-state index contributed by atoms with van der Waals surface area (Å²) < 4.78 is 6.76. The molecule has 3 atom stereocenters. The summed E-state index contributed by atoms with van der Waals surface area (Å²) in [6, 6.07) is 6.33. The summed E-state index contributed by atoms with van der Waals surface area (Å²) in [6.45, 7) is 4.70. The molecule has 0 bridgehead atoms. The van der Waals surface area contributed by atoms with Crippen molar-refractivity contribution in [2.75, 3.05) is 11.9 Å². The lowest BCUT2D eigenvalue weighted by Crippen LogP contribution is -2.50. The van der Waals surface area contributed by atoms with Crippen molar-refractivity contribution in [3.8, 4) is 11.1 Å². The van der Waals surface area contributed by atoms with Crippen molar-refractivity contribution in [3.63, 3.8) is 0 Å². The van der Waals surface area contributed by atoms with Crippen LogP contribution in [0.1, 0.15) is 58.2 Å². The van der Waals surface area contributed by atoms with Gasteiger partial charge in [0.15, 0.2) is 11.0 Å². The Bertz CT molecular complexity index is 1230. The first kappa shape index (κ1) is 27.1. The predicted molar refractivity (Wildman–Crippen MR) is 148 cm³/mol. The maximum atomic E-state index is 12.8. The minimum atomic E-state index is -0.392. The number of amides is 1. The van der Waals surface area contributed by atoms with E-state index in [0.29, 0.717) is 16.9 Å². The van der Waals surface area contributed by atoms with Crippen LogP contribution in [0, 0.1) is 11.8 Å². The maximum absolute atomic E-state index is 12.8. The molecular formula is C28H37N5O4S. The van der Waals surface area contributed by atoms with Gasteiger partial charge in [0.25, 0.3) is 0 Å². The predicted octanol–water partition coefficient (Wildman–Crippen LogP) is 3.90. The van der Waals surface area contributed by atoms with Gasteiger partial charge >= 0.3 is 0 Å². The second kappa shape index (κ2) is 12.1. The van der Waals surface area contributed by atoms with E-state index in [1.807, 2.05) is 18.2 Å². The SMILES string of the molecule is CC(C)CC(CO)NC1CC(C(=O)Nc2nc3ccc(-c4cnc(CO[C@H]5CCC[C@@H]5O)nc4)cc3s2)C1. The lowest BCUT2D eigenvalue weighted by atomic mass is 9.79. The molecular weight excluding hydrogens is 502 g/mol. The van der Waals surface area contributed by atoms with Crippen molar-refractivity contribution >= 4 is 32.6 Å². The Labute approximate surface area is 227 Å². The van der Waals surface area contributed by atoms with Gasteiger partial charge in [-0.15, -0.1) is 0 Å². The number of aliphatic hydroxyl groups is 2. The van der Waals surface area contributed by atoms with Crippen molar-refractivity contribution in [2.45, 2.75) is 83.3 Å². The Kier molecular flexibility index (Phi) is 8.64. The first-order valence-corrected chi connectivity index (χ1v) is 14.4. The van der Waals surface area contributed by atoms with Gasteiger partial charge in [0.1, 0.15) is 6.61 Å². The van der Waals surface area contributed by atoms with Crippen LogP contribution in [0.25, 0.3) is 21.3 Å². The van der Waals surface area contributed by atoms with Crippen LogP contribution in [-0.2, 0) is 16.1 Å². The van der Waals surface area contributed by atoms with Crippen LogP contribution in [0.4, 0.5) is 5.13 Å². The zero-order chi connectivity index (χ0) is 26.6. The fourth-order valence-corrected chi connectivity index (χ4v) is 6.20. The van der Waals surface area contributed by atoms with E-state index in [9.17, 15) is 15.0 Å². The molecule has 4 N–H and O–H groups in total. The molecule has 1 amide bonds. The third-order valence-corrected chi connectivity index (χ3v) is 8.39. The molecule has 3 aromatic rings. The van der Waals surface area contributed by atoms with Crippen LogP contribution < -0.4 is 10.6 Å². The molecule has 1 aromatic carbocycles. The molecule has 10 heteroatoms. The zero-order valence-electron chi connectivity index (χ0n) is 22.0. The number of hydrogen-bond donors (Lipinski definition) is 4. The fourth-order valence-electron chi connectivity index (χ4n) is 5.29. The summed E-state index contributed by atoms with van der Waals surface area (Å²) in [6.07, 6.45) is 8.17. The fraction of sp³-hybridized carbons (Fsp3) is 0.571. The van der Waals surface area contributed by atoms with Crippen LogP contribution in [0.2, 0.25) is 0 Å². The van der Waals surface area contributed by atoms with Crippen LogP contribution in [0.3, 0.4) is 0 Å². The molecule has 0 radical (unpaired) electrons. The van der Waals surface area contributed by atoms with E-state index in [1.54, 1.807) is 12.4 Å². The van der Waals surface area contributed by atoms with Gasteiger partial charge in [0.05, 0.1) is 29.0 Å². The maximum Gasteiger partial charge on any atom is 0.229 e. The smallest absolute Gasteiger partial charge is 0.229 e. The number of benzene rings is 1. The van der Waals surface area contributed by atoms with Crippen LogP contribution in [0.15, 0.2) is 30.6 Å². The Hall–Kier alpha value is -2.50. The molecule has 5 rings (SSSR count). The highest BCUT2D eigenvalue weighted by atomic mass is 32.1. The van der Waals surface area contributed by atoms with Gasteiger partial charge in [0, 0.05) is 36.0 Å². The van der Waals surface area contributed by atoms with E-state index < -0.39 is 6.10 Å². The van der Waals surface area contributed by atoms with Gasteiger partial charge in [0.2, 0.25) is 5.91 Å². The quantitative estimate of drug-likeness (QED) is 0.289. The molecule has 2 heterocycles. The molecule has 2 aliphatic carbocycles.